The number of benzene rings is 1. The third-order valence-corrected chi connectivity index (χ3v) is 4.97. The predicted molar refractivity (Wildman–Crippen MR) is 96.8 cm³/mol. The largest absolute Gasteiger partial charge is 0.340 e. The van der Waals surface area contributed by atoms with Crippen LogP contribution < -0.4 is 0 Å². The van der Waals surface area contributed by atoms with Crippen LogP contribution >= 0.6 is 0 Å². The van der Waals surface area contributed by atoms with Gasteiger partial charge < -0.3 is 4.90 Å². The van der Waals surface area contributed by atoms with E-state index in [4.69, 9.17) is 0 Å². The predicted octanol–water partition coefficient (Wildman–Crippen LogP) is 3.66. The number of carbonyl (C=O) groups excluding carboxylic acids is 1. The molecule has 0 unspecified atom stereocenters. The third kappa shape index (κ3) is 4.35. The fourth-order valence-corrected chi connectivity index (χ4v) is 3.28. The number of hydrogen-bond acceptors (Lipinski definition) is 2. The number of hydrogen-bond donors (Lipinski definition) is 0. The molecule has 2 rings (SSSR count). The first-order valence-electron chi connectivity index (χ1n) is 8.83. The Morgan fingerprint density at radius 3 is 2.00 bits per heavy atom. The summed E-state index contributed by atoms with van der Waals surface area (Å²) in [4.78, 5) is 16.3. The Morgan fingerprint density at radius 1 is 1.04 bits per heavy atom. The van der Waals surface area contributed by atoms with Crippen molar-refractivity contribution < 1.29 is 4.79 Å². The highest BCUT2D eigenvalue weighted by molar-refractivity contribution is 5.75. The molecule has 0 spiro atoms. The molecule has 0 bridgehead atoms. The molecule has 1 aromatic carbocycles. The first-order chi connectivity index (χ1) is 10.7. The van der Waals surface area contributed by atoms with E-state index in [1.165, 1.54) is 22.3 Å². The molecule has 1 aliphatic heterocycles. The Hall–Kier alpha value is -1.35. The maximum atomic E-state index is 11.8. The fraction of sp³-hybridized carbons (Fsp3) is 0.650. The SMILES string of the molecule is CCC(=O)N1CCN(Cc2c(C)cc(C(C)(C)C)cc2C)CC1. The van der Waals surface area contributed by atoms with Gasteiger partial charge in [0.15, 0.2) is 0 Å². The van der Waals surface area contributed by atoms with Crippen molar-refractivity contribution in [2.45, 2.75) is 59.9 Å². The number of amides is 1. The molecule has 1 aromatic rings. The average molecular weight is 316 g/mol. The maximum Gasteiger partial charge on any atom is 0.222 e. The molecule has 0 aliphatic carbocycles. The van der Waals surface area contributed by atoms with Crippen molar-refractivity contribution in [1.29, 1.82) is 0 Å². The smallest absolute Gasteiger partial charge is 0.222 e. The summed E-state index contributed by atoms with van der Waals surface area (Å²) in [6, 6.07) is 4.69. The lowest BCUT2D eigenvalue weighted by Gasteiger charge is -2.35. The van der Waals surface area contributed by atoms with Gasteiger partial charge in [0, 0.05) is 39.1 Å². The molecule has 0 aromatic heterocycles. The molecule has 128 valence electrons. The molecule has 1 aliphatic rings. The minimum atomic E-state index is 0.195. The summed E-state index contributed by atoms with van der Waals surface area (Å²) < 4.78 is 0. The summed E-state index contributed by atoms with van der Waals surface area (Å²) in [6.07, 6.45) is 0.618. The lowest BCUT2D eigenvalue weighted by molar-refractivity contribution is -0.132. The summed E-state index contributed by atoms with van der Waals surface area (Å²) in [7, 11) is 0. The Balaban J connectivity index is 2.06. The van der Waals surface area contributed by atoms with Gasteiger partial charge in [0.2, 0.25) is 5.91 Å². The highest BCUT2D eigenvalue weighted by Gasteiger charge is 2.22. The lowest BCUT2D eigenvalue weighted by Crippen LogP contribution is -2.48. The third-order valence-electron chi connectivity index (χ3n) is 4.97. The summed E-state index contributed by atoms with van der Waals surface area (Å²) in [6.45, 7) is 17.9. The molecular weight excluding hydrogens is 284 g/mol. The van der Waals surface area contributed by atoms with Crippen LogP contribution in [0.5, 0.6) is 0 Å². The molecule has 0 N–H and O–H groups in total. The summed E-state index contributed by atoms with van der Waals surface area (Å²) >= 11 is 0. The molecule has 1 saturated heterocycles. The standard InChI is InChI=1S/C20H32N2O/c1-7-19(23)22-10-8-21(9-11-22)14-18-15(2)12-17(13-16(18)3)20(4,5)6/h12-13H,7-11,14H2,1-6H3. The van der Waals surface area contributed by atoms with E-state index < -0.39 is 0 Å². The van der Waals surface area contributed by atoms with Crippen molar-refractivity contribution in [2.75, 3.05) is 26.2 Å². The van der Waals surface area contributed by atoms with Gasteiger partial charge in [0.1, 0.15) is 0 Å². The van der Waals surface area contributed by atoms with Crippen molar-refractivity contribution in [3.8, 4) is 0 Å². The van der Waals surface area contributed by atoms with E-state index in [0.29, 0.717) is 6.42 Å². The first kappa shape index (κ1) is 18.0. The Labute approximate surface area is 141 Å². The van der Waals surface area contributed by atoms with E-state index in [2.05, 4.69) is 51.7 Å². The monoisotopic (exact) mass is 316 g/mol. The topological polar surface area (TPSA) is 23.6 Å². The van der Waals surface area contributed by atoms with Gasteiger partial charge in [0.25, 0.3) is 0 Å². The normalized spacial score (nSPS) is 16.7. The van der Waals surface area contributed by atoms with Crippen LogP contribution in [-0.2, 0) is 16.8 Å². The molecule has 3 heteroatoms. The van der Waals surface area contributed by atoms with Gasteiger partial charge in [-0.25, -0.2) is 0 Å². The Morgan fingerprint density at radius 2 is 1.57 bits per heavy atom. The van der Waals surface area contributed by atoms with Crippen LogP contribution in [0.1, 0.15) is 56.4 Å². The molecule has 23 heavy (non-hydrogen) atoms. The van der Waals surface area contributed by atoms with Gasteiger partial charge in [-0.3, -0.25) is 9.69 Å². The second kappa shape index (κ2) is 7.04. The highest BCUT2D eigenvalue weighted by Crippen LogP contribution is 2.27. The Bertz CT molecular complexity index is 540. The Kier molecular flexibility index (Phi) is 5.51. The van der Waals surface area contributed by atoms with E-state index >= 15 is 0 Å². The van der Waals surface area contributed by atoms with Gasteiger partial charge in [-0.15, -0.1) is 0 Å². The minimum Gasteiger partial charge on any atom is -0.340 e. The molecular formula is C20H32N2O. The van der Waals surface area contributed by atoms with E-state index in [-0.39, 0.29) is 11.3 Å². The molecule has 1 fully saturated rings. The van der Waals surface area contributed by atoms with Crippen LogP contribution in [0.3, 0.4) is 0 Å². The van der Waals surface area contributed by atoms with Gasteiger partial charge in [-0.05, 0) is 41.5 Å². The zero-order valence-corrected chi connectivity index (χ0v) is 15.7. The molecule has 1 amide bonds. The van der Waals surface area contributed by atoms with Crippen LogP contribution in [0.15, 0.2) is 12.1 Å². The molecule has 0 radical (unpaired) electrons. The maximum absolute atomic E-state index is 11.8. The first-order valence-corrected chi connectivity index (χ1v) is 8.83. The fourth-order valence-electron chi connectivity index (χ4n) is 3.28. The zero-order chi connectivity index (χ0) is 17.2. The summed E-state index contributed by atoms with van der Waals surface area (Å²) in [5.74, 6) is 0.284. The van der Waals surface area contributed by atoms with E-state index in [1.807, 2.05) is 11.8 Å². The van der Waals surface area contributed by atoms with E-state index in [1.54, 1.807) is 0 Å². The van der Waals surface area contributed by atoms with E-state index in [9.17, 15) is 4.79 Å². The van der Waals surface area contributed by atoms with Crippen LogP contribution in [0.2, 0.25) is 0 Å². The molecule has 3 nitrogen and oxygen atoms in total. The number of aryl methyl sites for hydroxylation is 2. The quantitative estimate of drug-likeness (QED) is 0.850. The van der Waals surface area contributed by atoms with Crippen molar-refractivity contribution in [3.05, 3.63) is 34.4 Å². The van der Waals surface area contributed by atoms with Crippen LogP contribution in [-0.4, -0.2) is 41.9 Å². The molecule has 0 saturated carbocycles. The molecule has 1 heterocycles. The van der Waals surface area contributed by atoms with Crippen LogP contribution in [0.25, 0.3) is 0 Å². The second-order valence-corrected chi connectivity index (χ2v) is 7.85. The van der Waals surface area contributed by atoms with Gasteiger partial charge in [0.05, 0.1) is 0 Å². The number of piperazine rings is 1. The van der Waals surface area contributed by atoms with Gasteiger partial charge in [-0.1, -0.05) is 39.8 Å². The van der Waals surface area contributed by atoms with Crippen molar-refractivity contribution in [3.63, 3.8) is 0 Å². The number of rotatable bonds is 3. The number of carbonyl (C=O) groups is 1. The van der Waals surface area contributed by atoms with Crippen molar-refractivity contribution >= 4 is 5.91 Å². The van der Waals surface area contributed by atoms with Gasteiger partial charge in [-0.2, -0.15) is 0 Å². The van der Waals surface area contributed by atoms with Crippen LogP contribution in [0.4, 0.5) is 0 Å². The van der Waals surface area contributed by atoms with Crippen molar-refractivity contribution in [1.82, 2.24) is 9.80 Å². The van der Waals surface area contributed by atoms with Crippen LogP contribution in [0, 0.1) is 13.8 Å². The zero-order valence-electron chi connectivity index (χ0n) is 15.7. The highest BCUT2D eigenvalue weighted by atomic mass is 16.2. The minimum absolute atomic E-state index is 0.195. The lowest BCUT2D eigenvalue weighted by atomic mass is 9.83. The van der Waals surface area contributed by atoms with Crippen molar-refractivity contribution in [2.24, 2.45) is 0 Å². The van der Waals surface area contributed by atoms with Gasteiger partial charge >= 0.3 is 0 Å². The molecule has 0 atom stereocenters. The summed E-state index contributed by atoms with van der Waals surface area (Å²) in [5.41, 5.74) is 5.84. The average Bonchev–Trinajstić information content (AvgIpc) is 2.49. The van der Waals surface area contributed by atoms with E-state index in [0.717, 1.165) is 32.7 Å². The second-order valence-electron chi connectivity index (χ2n) is 7.85. The summed E-state index contributed by atoms with van der Waals surface area (Å²) in [5, 5.41) is 0. The number of nitrogens with zero attached hydrogens (tertiary/aromatic N) is 2.